The Hall–Kier alpha value is -3.73. The van der Waals surface area contributed by atoms with E-state index in [1.54, 1.807) is 6.20 Å². The van der Waals surface area contributed by atoms with Crippen molar-refractivity contribution in [2.45, 2.75) is 45.4 Å². The van der Waals surface area contributed by atoms with Gasteiger partial charge in [-0.05, 0) is 53.5 Å². The number of nitrogens with zero attached hydrogens (tertiary/aromatic N) is 3. The topological polar surface area (TPSA) is 59.3 Å². The maximum atomic E-state index is 13.0. The molecule has 0 spiro atoms. The second kappa shape index (κ2) is 8.90. The fraction of sp³-hybridized carbons (Fsp3) is 0.276. The summed E-state index contributed by atoms with van der Waals surface area (Å²) in [7, 11) is 0. The van der Waals surface area contributed by atoms with Crippen molar-refractivity contribution in [2.24, 2.45) is 5.92 Å². The highest BCUT2D eigenvalue weighted by Gasteiger charge is 2.24. The Kier molecular flexibility index (Phi) is 5.78. The van der Waals surface area contributed by atoms with E-state index in [1.807, 2.05) is 40.9 Å². The van der Waals surface area contributed by atoms with Crippen molar-refractivity contribution in [1.29, 1.82) is 0 Å². The first kappa shape index (κ1) is 22.1. The van der Waals surface area contributed by atoms with Gasteiger partial charge in [0.25, 0.3) is 5.91 Å². The van der Waals surface area contributed by atoms with Crippen LogP contribution in [-0.4, -0.2) is 20.5 Å². The van der Waals surface area contributed by atoms with Gasteiger partial charge in [-0.2, -0.15) is 5.10 Å². The molecule has 0 bridgehead atoms. The largest absolute Gasteiger partial charge is 0.306 e. The van der Waals surface area contributed by atoms with E-state index in [-0.39, 0.29) is 17.2 Å². The smallest absolute Gasteiger partial charge is 0.256 e. The Morgan fingerprint density at radius 2 is 1.91 bits per heavy atom. The molecule has 0 aliphatic heterocycles. The summed E-state index contributed by atoms with van der Waals surface area (Å²) in [6.07, 6.45) is 18.1. The predicted molar refractivity (Wildman–Crippen MR) is 138 cm³/mol. The highest BCUT2D eigenvalue weighted by Crippen LogP contribution is 2.37. The zero-order valence-corrected chi connectivity index (χ0v) is 20.0. The highest BCUT2D eigenvalue weighted by atomic mass is 16.1. The van der Waals surface area contributed by atoms with Crippen LogP contribution >= 0.6 is 0 Å². The van der Waals surface area contributed by atoms with Gasteiger partial charge in [-0.25, -0.2) is 9.50 Å². The van der Waals surface area contributed by atoms with Crippen LogP contribution in [0.2, 0.25) is 0 Å². The number of carbonyl (C=O) groups excluding carboxylic acids is 1. The lowest BCUT2D eigenvalue weighted by Crippen LogP contribution is -2.17. The van der Waals surface area contributed by atoms with Crippen molar-refractivity contribution in [3.63, 3.8) is 0 Å². The number of allylic oxidation sites excluding steroid dienone is 8. The summed E-state index contributed by atoms with van der Waals surface area (Å²) in [4.78, 5) is 17.7. The summed E-state index contributed by atoms with van der Waals surface area (Å²) in [5.74, 6) is 0.606. The van der Waals surface area contributed by atoms with Crippen molar-refractivity contribution in [3.8, 4) is 0 Å². The lowest BCUT2D eigenvalue weighted by molar-refractivity contribution is 0.102. The average Bonchev–Trinajstić information content (AvgIpc) is 3.32. The van der Waals surface area contributed by atoms with Crippen molar-refractivity contribution >= 4 is 22.9 Å². The minimum absolute atomic E-state index is 0.0418. The van der Waals surface area contributed by atoms with E-state index < -0.39 is 0 Å². The zero-order valence-electron chi connectivity index (χ0n) is 20.0. The maximum absolute atomic E-state index is 13.0. The Morgan fingerprint density at radius 3 is 2.65 bits per heavy atom. The Labute approximate surface area is 200 Å². The number of hydrogen-bond donors (Lipinski definition) is 1. The molecule has 2 aromatic heterocycles. The van der Waals surface area contributed by atoms with Crippen LogP contribution < -0.4 is 5.32 Å². The van der Waals surface area contributed by atoms with Crippen molar-refractivity contribution < 1.29 is 4.79 Å². The second-order valence-corrected chi connectivity index (χ2v) is 9.93. The van der Waals surface area contributed by atoms with Crippen LogP contribution in [0.4, 0.5) is 5.82 Å². The fourth-order valence-electron chi connectivity index (χ4n) is 4.59. The lowest BCUT2D eigenvalue weighted by atomic mass is 9.81. The van der Waals surface area contributed by atoms with Crippen LogP contribution in [0.5, 0.6) is 0 Å². The van der Waals surface area contributed by atoms with Gasteiger partial charge in [-0.15, -0.1) is 0 Å². The number of benzene rings is 1. The van der Waals surface area contributed by atoms with Crippen LogP contribution in [0.15, 0.2) is 84.6 Å². The number of aromatic nitrogens is 3. The monoisotopic (exact) mass is 450 g/mol. The van der Waals surface area contributed by atoms with Crippen LogP contribution in [0.1, 0.15) is 61.6 Å². The van der Waals surface area contributed by atoms with E-state index in [9.17, 15) is 4.79 Å². The molecule has 2 heterocycles. The number of hydrogen-bond acceptors (Lipinski definition) is 3. The lowest BCUT2D eigenvalue weighted by Gasteiger charge is -2.25. The minimum Gasteiger partial charge on any atom is -0.306 e. The van der Waals surface area contributed by atoms with Gasteiger partial charge in [0.2, 0.25) is 0 Å². The van der Waals surface area contributed by atoms with Crippen molar-refractivity contribution in [2.75, 3.05) is 5.32 Å². The number of anilines is 1. The molecular weight excluding hydrogens is 420 g/mol. The van der Waals surface area contributed by atoms with E-state index >= 15 is 0 Å². The van der Waals surface area contributed by atoms with Crippen LogP contribution in [0.3, 0.4) is 0 Å². The molecule has 2 aliphatic carbocycles. The minimum atomic E-state index is -0.172. The summed E-state index contributed by atoms with van der Waals surface area (Å²) in [5.41, 5.74) is 6.02. The molecule has 5 heteroatoms. The molecule has 0 fully saturated rings. The number of fused-ring (bicyclic) bond motifs is 1. The molecule has 34 heavy (non-hydrogen) atoms. The van der Waals surface area contributed by atoms with E-state index in [0.29, 0.717) is 17.0 Å². The number of nitrogens with one attached hydrogen (secondary N) is 1. The van der Waals surface area contributed by atoms with Gasteiger partial charge >= 0.3 is 0 Å². The van der Waals surface area contributed by atoms with Crippen LogP contribution in [-0.2, 0) is 5.41 Å². The summed E-state index contributed by atoms with van der Waals surface area (Å²) in [6.45, 7) is 6.49. The molecule has 3 aromatic rings. The predicted octanol–water partition coefficient (Wildman–Crippen LogP) is 6.52. The molecule has 5 rings (SSSR count). The molecule has 5 nitrogen and oxygen atoms in total. The molecule has 1 amide bonds. The Morgan fingerprint density at radius 1 is 1.09 bits per heavy atom. The third-order valence-corrected chi connectivity index (χ3v) is 6.49. The van der Waals surface area contributed by atoms with Gasteiger partial charge in [0.1, 0.15) is 5.82 Å². The van der Waals surface area contributed by atoms with Gasteiger partial charge in [0, 0.05) is 23.6 Å². The Bertz CT molecular complexity index is 1350. The average molecular weight is 451 g/mol. The van der Waals surface area contributed by atoms with Crippen molar-refractivity contribution in [3.05, 3.63) is 101 Å². The zero-order chi connectivity index (χ0) is 23.7. The molecule has 0 saturated heterocycles. The quantitative estimate of drug-likeness (QED) is 0.493. The molecule has 0 saturated carbocycles. The van der Waals surface area contributed by atoms with Gasteiger partial charge in [-0.3, -0.25) is 4.79 Å². The molecule has 1 unspecified atom stereocenters. The number of rotatable bonds is 4. The fourth-order valence-corrected chi connectivity index (χ4v) is 4.59. The van der Waals surface area contributed by atoms with E-state index in [0.717, 1.165) is 25.0 Å². The van der Waals surface area contributed by atoms with E-state index in [4.69, 9.17) is 0 Å². The summed E-state index contributed by atoms with van der Waals surface area (Å²) in [5, 5.41) is 7.53. The summed E-state index contributed by atoms with van der Waals surface area (Å²) >= 11 is 0. The van der Waals surface area contributed by atoms with Crippen LogP contribution in [0.25, 0.3) is 11.2 Å². The summed E-state index contributed by atoms with van der Waals surface area (Å²) < 4.78 is 1.86. The molecule has 1 atom stereocenters. The molecule has 1 N–H and O–H groups in total. The standard InChI is InChI=1S/C29H30N4O/c1-29(2,3)22-15-13-21(14-16-22)28(34)32-26-19-25(33-27(31-26)17-18-30-33)24-12-8-7-11-23(24)20-9-5-4-6-10-20/h5,7-10,12-19,23H,4,6,11H2,1-3H3,(H,31,32,34). The normalized spacial score (nSPS) is 18.0. The van der Waals surface area contributed by atoms with Gasteiger partial charge in [0.05, 0.1) is 11.9 Å². The maximum Gasteiger partial charge on any atom is 0.256 e. The van der Waals surface area contributed by atoms with Gasteiger partial charge < -0.3 is 5.32 Å². The van der Waals surface area contributed by atoms with E-state index in [1.165, 1.54) is 16.7 Å². The molecule has 2 aliphatic rings. The number of amides is 1. The molecule has 172 valence electrons. The Balaban J connectivity index is 1.48. The van der Waals surface area contributed by atoms with Gasteiger partial charge in [0.15, 0.2) is 5.65 Å². The first-order valence-corrected chi connectivity index (χ1v) is 11.9. The van der Waals surface area contributed by atoms with Crippen molar-refractivity contribution in [1.82, 2.24) is 14.6 Å². The third-order valence-electron chi connectivity index (χ3n) is 6.49. The molecule has 1 aromatic carbocycles. The first-order chi connectivity index (χ1) is 16.4. The van der Waals surface area contributed by atoms with Gasteiger partial charge in [-0.1, -0.05) is 69.4 Å². The molecular formula is C29H30N4O. The first-order valence-electron chi connectivity index (χ1n) is 11.9. The third kappa shape index (κ3) is 4.38. The van der Waals surface area contributed by atoms with E-state index in [2.05, 4.69) is 72.6 Å². The highest BCUT2D eigenvalue weighted by molar-refractivity contribution is 6.04. The van der Waals surface area contributed by atoms with Crippen LogP contribution in [0, 0.1) is 5.92 Å². The SMILES string of the molecule is CC(C)(C)c1ccc(C(=O)Nc2cc(C3=CC=CCC3C3=CCCC=C3)n3nccc3n2)cc1. The summed E-state index contributed by atoms with van der Waals surface area (Å²) in [6, 6.07) is 11.6. The second-order valence-electron chi connectivity index (χ2n) is 9.93. The molecule has 0 radical (unpaired) electrons. The number of carbonyl (C=O) groups is 1.